The van der Waals surface area contributed by atoms with Crippen LogP contribution < -0.4 is 5.73 Å². The monoisotopic (exact) mass is 185 g/mol. The summed E-state index contributed by atoms with van der Waals surface area (Å²) in [5, 5.41) is 8.79. The molecule has 0 spiro atoms. The Morgan fingerprint density at radius 3 is 2.23 bits per heavy atom. The van der Waals surface area contributed by atoms with Crippen LogP contribution in [0, 0.1) is 17.3 Å². The molecule has 1 aliphatic carbocycles. The second-order valence-electron chi connectivity index (χ2n) is 4.64. The highest BCUT2D eigenvalue weighted by Crippen LogP contribution is 2.46. The normalized spacial score (nSPS) is 39.3. The lowest BCUT2D eigenvalue weighted by Gasteiger charge is -2.25. The maximum atomic E-state index is 10.7. The summed E-state index contributed by atoms with van der Waals surface area (Å²) in [7, 11) is 0. The number of carboxylic acids is 1. The summed E-state index contributed by atoms with van der Waals surface area (Å²) in [4.78, 5) is 10.7. The van der Waals surface area contributed by atoms with E-state index in [-0.39, 0.29) is 11.8 Å². The molecular weight excluding hydrogens is 166 g/mol. The third-order valence-corrected chi connectivity index (χ3v) is 3.44. The number of nitrogens with two attached hydrogens (primary N) is 1. The van der Waals surface area contributed by atoms with Gasteiger partial charge in [0.05, 0.1) is 6.42 Å². The molecule has 13 heavy (non-hydrogen) atoms. The highest BCUT2D eigenvalue weighted by atomic mass is 16.4. The van der Waals surface area contributed by atoms with E-state index in [1.54, 1.807) is 0 Å². The van der Waals surface area contributed by atoms with Crippen LogP contribution in [0.3, 0.4) is 0 Å². The summed E-state index contributed by atoms with van der Waals surface area (Å²) < 4.78 is 0. The Labute approximate surface area is 79.3 Å². The lowest BCUT2D eigenvalue weighted by Crippen LogP contribution is -2.30. The van der Waals surface area contributed by atoms with E-state index in [4.69, 9.17) is 10.8 Å². The van der Waals surface area contributed by atoms with Crippen molar-refractivity contribution < 1.29 is 9.90 Å². The van der Waals surface area contributed by atoms with Gasteiger partial charge in [0.15, 0.2) is 0 Å². The molecule has 0 aromatic carbocycles. The van der Waals surface area contributed by atoms with Crippen molar-refractivity contribution in [3.8, 4) is 0 Å². The summed E-state index contributed by atoms with van der Waals surface area (Å²) in [6, 6.07) is 0. The first-order valence-corrected chi connectivity index (χ1v) is 4.91. The molecule has 3 N–H and O–H groups in total. The summed E-state index contributed by atoms with van der Waals surface area (Å²) >= 11 is 0. The fourth-order valence-corrected chi connectivity index (χ4v) is 2.56. The van der Waals surface area contributed by atoms with E-state index in [0.717, 1.165) is 12.8 Å². The lowest BCUT2D eigenvalue weighted by molar-refractivity contribution is -0.139. The molecule has 76 valence electrons. The Morgan fingerprint density at radius 2 is 1.92 bits per heavy atom. The van der Waals surface area contributed by atoms with Crippen molar-refractivity contribution in [1.29, 1.82) is 0 Å². The Bertz CT molecular complexity index is 193. The van der Waals surface area contributed by atoms with Crippen LogP contribution in [-0.4, -0.2) is 17.6 Å². The van der Waals surface area contributed by atoms with Crippen molar-refractivity contribution in [1.82, 2.24) is 0 Å². The van der Waals surface area contributed by atoms with E-state index in [1.165, 1.54) is 0 Å². The minimum absolute atomic E-state index is 0.120. The van der Waals surface area contributed by atoms with Gasteiger partial charge in [-0.1, -0.05) is 13.8 Å². The average molecular weight is 185 g/mol. The molecule has 0 heterocycles. The number of hydrogen-bond acceptors (Lipinski definition) is 2. The molecule has 3 heteroatoms. The average Bonchev–Trinajstić information content (AvgIpc) is 2.27. The molecule has 0 amide bonds. The third-order valence-electron chi connectivity index (χ3n) is 3.44. The number of carbonyl (C=O) groups is 1. The smallest absolute Gasteiger partial charge is 0.303 e. The quantitative estimate of drug-likeness (QED) is 0.700. The van der Waals surface area contributed by atoms with Crippen molar-refractivity contribution in [3.63, 3.8) is 0 Å². The molecule has 0 unspecified atom stereocenters. The molecular formula is C10H19NO2. The molecule has 0 saturated heterocycles. The highest BCUT2D eigenvalue weighted by Gasteiger charge is 2.41. The Kier molecular flexibility index (Phi) is 2.96. The van der Waals surface area contributed by atoms with Gasteiger partial charge < -0.3 is 10.8 Å². The summed E-state index contributed by atoms with van der Waals surface area (Å²) in [5.41, 5.74) is 5.56. The van der Waals surface area contributed by atoms with Crippen LogP contribution in [0.25, 0.3) is 0 Å². The predicted octanol–water partition coefficient (Wildman–Crippen LogP) is 1.47. The summed E-state index contributed by atoms with van der Waals surface area (Å²) in [6.07, 6.45) is 2.17. The van der Waals surface area contributed by atoms with Gasteiger partial charge in [-0.05, 0) is 36.6 Å². The Balaban J connectivity index is 2.67. The van der Waals surface area contributed by atoms with Gasteiger partial charge in [-0.25, -0.2) is 0 Å². The lowest BCUT2D eigenvalue weighted by atomic mass is 9.82. The van der Waals surface area contributed by atoms with E-state index in [2.05, 4.69) is 13.8 Å². The summed E-state index contributed by atoms with van der Waals surface area (Å²) in [6.45, 7) is 4.88. The van der Waals surface area contributed by atoms with Gasteiger partial charge in [-0.2, -0.15) is 0 Å². The topological polar surface area (TPSA) is 63.3 Å². The van der Waals surface area contributed by atoms with Gasteiger partial charge >= 0.3 is 5.97 Å². The van der Waals surface area contributed by atoms with Crippen LogP contribution in [0.2, 0.25) is 0 Å². The first-order chi connectivity index (χ1) is 5.99. The fourth-order valence-electron chi connectivity index (χ4n) is 2.56. The van der Waals surface area contributed by atoms with Crippen LogP contribution in [0.15, 0.2) is 0 Å². The van der Waals surface area contributed by atoms with Crippen LogP contribution >= 0.6 is 0 Å². The number of aliphatic carboxylic acids is 1. The van der Waals surface area contributed by atoms with Crippen LogP contribution in [-0.2, 0) is 4.79 Å². The largest absolute Gasteiger partial charge is 0.481 e. The zero-order chi connectivity index (χ0) is 10.1. The molecule has 1 aliphatic rings. The minimum atomic E-state index is -0.716. The molecule has 1 rings (SSSR count). The van der Waals surface area contributed by atoms with Crippen molar-refractivity contribution in [2.75, 3.05) is 6.54 Å². The second kappa shape index (κ2) is 3.66. The number of hydrogen-bond donors (Lipinski definition) is 2. The van der Waals surface area contributed by atoms with E-state index in [1.807, 2.05) is 0 Å². The van der Waals surface area contributed by atoms with E-state index >= 15 is 0 Å². The Morgan fingerprint density at radius 1 is 1.46 bits per heavy atom. The van der Waals surface area contributed by atoms with Crippen LogP contribution in [0.1, 0.15) is 33.1 Å². The Hall–Kier alpha value is -0.570. The van der Waals surface area contributed by atoms with Crippen LogP contribution in [0.4, 0.5) is 0 Å². The van der Waals surface area contributed by atoms with E-state index in [0.29, 0.717) is 18.4 Å². The molecule has 0 radical (unpaired) electrons. The predicted molar refractivity (Wildman–Crippen MR) is 51.3 cm³/mol. The molecule has 3 atom stereocenters. The molecule has 0 bridgehead atoms. The van der Waals surface area contributed by atoms with Crippen molar-refractivity contribution in [2.24, 2.45) is 23.0 Å². The summed E-state index contributed by atoms with van der Waals surface area (Å²) in [5.74, 6) is 0.512. The van der Waals surface area contributed by atoms with Crippen molar-refractivity contribution >= 4 is 5.97 Å². The van der Waals surface area contributed by atoms with E-state index in [9.17, 15) is 4.79 Å². The van der Waals surface area contributed by atoms with Gasteiger partial charge in [0.1, 0.15) is 0 Å². The van der Waals surface area contributed by atoms with Gasteiger partial charge in [-0.15, -0.1) is 0 Å². The molecule has 1 fully saturated rings. The molecule has 0 aromatic heterocycles. The molecule has 1 saturated carbocycles. The van der Waals surface area contributed by atoms with Gasteiger partial charge in [0.25, 0.3) is 0 Å². The zero-order valence-electron chi connectivity index (χ0n) is 8.42. The third kappa shape index (κ3) is 2.21. The van der Waals surface area contributed by atoms with Crippen LogP contribution in [0.5, 0.6) is 0 Å². The van der Waals surface area contributed by atoms with Gasteiger partial charge in [0, 0.05) is 0 Å². The van der Waals surface area contributed by atoms with Crippen molar-refractivity contribution in [2.45, 2.75) is 33.1 Å². The fraction of sp³-hybridized carbons (Fsp3) is 0.900. The maximum Gasteiger partial charge on any atom is 0.303 e. The zero-order valence-corrected chi connectivity index (χ0v) is 8.42. The van der Waals surface area contributed by atoms with E-state index < -0.39 is 5.97 Å². The number of carboxylic acid groups (broad SMARTS) is 1. The van der Waals surface area contributed by atoms with Gasteiger partial charge in [0.2, 0.25) is 0 Å². The SMILES string of the molecule is C[C@@H]1C[C@](CN)(CC(=O)O)C[C@@H]1C. The highest BCUT2D eigenvalue weighted by molar-refractivity contribution is 5.67. The van der Waals surface area contributed by atoms with Gasteiger partial charge in [-0.3, -0.25) is 4.79 Å². The number of rotatable bonds is 3. The first-order valence-electron chi connectivity index (χ1n) is 4.91. The molecule has 0 aromatic rings. The molecule has 3 nitrogen and oxygen atoms in total. The first kappa shape index (κ1) is 10.5. The molecule has 0 aliphatic heterocycles. The minimum Gasteiger partial charge on any atom is -0.481 e. The second-order valence-corrected chi connectivity index (χ2v) is 4.64. The van der Waals surface area contributed by atoms with Crippen molar-refractivity contribution in [3.05, 3.63) is 0 Å². The maximum absolute atomic E-state index is 10.7. The standard InChI is InChI=1S/C10H19NO2/c1-7-3-10(6-11,4-8(7)2)5-9(12)13/h7-8H,3-6,11H2,1-2H3,(H,12,13)/t7-,8+,10-.